The predicted octanol–water partition coefficient (Wildman–Crippen LogP) is 4.11. The van der Waals surface area contributed by atoms with Crippen molar-refractivity contribution < 1.29 is 13.9 Å². The molecule has 0 aliphatic rings. The third-order valence-electron chi connectivity index (χ3n) is 3.66. The van der Waals surface area contributed by atoms with Gasteiger partial charge in [0.1, 0.15) is 17.4 Å². The number of methoxy groups -OCH3 is 1. The molecule has 0 bridgehead atoms. The molecule has 2 aromatic carbocycles. The maximum absolute atomic E-state index is 13.5. The molecule has 1 aromatic heterocycles. The first-order valence-electron chi connectivity index (χ1n) is 7.92. The topological polar surface area (TPSA) is 69.0 Å². The Morgan fingerprint density at radius 1 is 1.26 bits per heavy atom. The summed E-state index contributed by atoms with van der Waals surface area (Å²) in [6.45, 7) is 1.83. The summed E-state index contributed by atoms with van der Waals surface area (Å²) in [7, 11) is 1.60. The van der Waals surface area contributed by atoms with Crippen LogP contribution in [0.25, 0.3) is 5.69 Å². The highest BCUT2D eigenvalue weighted by atomic mass is 35.5. The minimum Gasteiger partial charge on any atom is -0.497 e. The number of aromatic nitrogens is 3. The molecule has 1 heterocycles. The number of aryl methyl sites for hydroxylation is 1. The summed E-state index contributed by atoms with van der Waals surface area (Å²) in [5.41, 5.74) is 1.20. The lowest BCUT2D eigenvalue weighted by atomic mass is 10.3. The summed E-state index contributed by atoms with van der Waals surface area (Å²) in [5, 5.41) is 11.4. The molecule has 27 heavy (non-hydrogen) atoms. The number of rotatable bonds is 6. The van der Waals surface area contributed by atoms with Crippen LogP contribution in [0.2, 0.25) is 5.02 Å². The molecule has 140 valence electrons. The Hall–Kier alpha value is -2.58. The molecule has 0 unspecified atom stereocenters. The van der Waals surface area contributed by atoms with Gasteiger partial charge in [-0.05, 0) is 49.4 Å². The average molecular weight is 407 g/mol. The van der Waals surface area contributed by atoms with Crippen molar-refractivity contribution in [3.05, 3.63) is 59.1 Å². The molecule has 9 heteroatoms. The van der Waals surface area contributed by atoms with Crippen LogP contribution in [0.15, 0.2) is 47.6 Å². The van der Waals surface area contributed by atoms with Crippen molar-refractivity contribution in [1.82, 2.24) is 14.8 Å². The van der Waals surface area contributed by atoms with Crippen LogP contribution in [-0.2, 0) is 4.79 Å². The first-order chi connectivity index (χ1) is 13.0. The zero-order chi connectivity index (χ0) is 19.4. The van der Waals surface area contributed by atoms with Crippen LogP contribution in [0, 0.1) is 12.7 Å². The quantitative estimate of drug-likeness (QED) is 0.624. The largest absolute Gasteiger partial charge is 0.497 e. The van der Waals surface area contributed by atoms with Gasteiger partial charge in [-0.15, -0.1) is 10.2 Å². The molecule has 6 nitrogen and oxygen atoms in total. The maximum Gasteiger partial charge on any atom is 0.234 e. The Balaban J connectivity index is 1.69. The Kier molecular flexibility index (Phi) is 5.98. The van der Waals surface area contributed by atoms with Gasteiger partial charge in [-0.1, -0.05) is 23.4 Å². The molecule has 0 fully saturated rings. The highest BCUT2D eigenvalue weighted by Gasteiger charge is 2.14. The van der Waals surface area contributed by atoms with Crippen LogP contribution in [0.1, 0.15) is 5.82 Å². The zero-order valence-corrected chi connectivity index (χ0v) is 16.1. The number of amides is 1. The van der Waals surface area contributed by atoms with Gasteiger partial charge in [0.15, 0.2) is 5.16 Å². The average Bonchev–Trinajstić information content (AvgIpc) is 3.03. The van der Waals surface area contributed by atoms with Gasteiger partial charge in [0, 0.05) is 11.4 Å². The highest BCUT2D eigenvalue weighted by molar-refractivity contribution is 7.99. The van der Waals surface area contributed by atoms with Crippen molar-refractivity contribution in [2.75, 3.05) is 18.2 Å². The van der Waals surface area contributed by atoms with E-state index in [9.17, 15) is 9.18 Å². The number of nitrogens with zero attached hydrogens (tertiary/aromatic N) is 3. The van der Waals surface area contributed by atoms with E-state index in [1.54, 1.807) is 7.11 Å². The SMILES string of the molecule is COc1ccc(-n2c(C)nnc2SCC(=O)Nc2ccc(Cl)c(F)c2)cc1. The Bertz CT molecular complexity index is 962. The van der Waals surface area contributed by atoms with Gasteiger partial charge in [-0.2, -0.15) is 0 Å². The predicted molar refractivity (Wildman–Crippen MR) is 103 cm³/mol. The van der Waals surface area contributed by atoms with Crippen molar-refractivity contribution in [3.63, 3.8) is 0 Å². The molecule has 0 saturated heterocycles. The normalized spacial score (nSPS) is 10.7. The van der Waals surface area contributed by atoms with E-state index in [0.717, 1.165) is 11.4 Å². The maximum atomic E-state index is 13.5. The summed E-state index contributed by atoms with van der Waals surface area (Å²) in [4.78, 5) is 12.2. The molecule has 0 radical (unpaired) electrons. The third-order valence-corrected chi connectivity index (χ3v) is 4.90. The van der Waals surface area contributed by atoms with E-state index in [1.165, 1.54) is 30.0 Å². The second kappa shape index (κ2) is 8.41. The number of halogens is 2. The van der Waals surface area contributed by atoms with Crippen LogP contribution in [0.4, 0.5) is 10.1 Å². The molecule has 3 rings (SSSR count). The van der Waals surface area contributed by atoms with Gasteiger partial charge < -0.3 is 10.1 Å². The number of ether oxygens (including phenoxy) is 1. The van der Waals surface area contributed by atoms with Gasteiger partial charge >= 0.3 is 0 Å². The molecule has 3 aromatic rings. The number of hydrogen-bond donors (Lipinski definition) is 1. The van der Waals surface area contributed by atoms with Crippen LogP contribution >= 0.6 is 23.4 Å². The summed E-state index contributed by atoms with van der Waals surface area (Å²) in [5.74, 6) is 0.662. The number of anilines is 1. The van der Waals surface area contributed by atoms with Crippen LogP contribution in [-0.4, -0.2) is 33.5 Å². The lowest BCUT2D eigenvalue weighted by Gasteiger charge is -2.09. The fourth-order valence-corrected chi connectivity index (χ4v) is 3.28. The lowest BCUT2D eigenvalue weighted by molar-refractivity contribution is -0.113. The van der Waals surface area contributed by atoms with E-state index >= 15 is 0 Å². The summed E-state index contributed by atoms with van der Waals surface area (Å²) < 4.78 is 20.5. The van der Waals surface area contributed by atoms with Crippen LogP contribution < -0.4 is 10.1 Å². The van der Waals surface area contributed by atoms with Crippen molar-refractivity contribution in [2.24, 2.45) is 0 Å². The molecule has 1 N–H and O–H groups in total. The zero-order valence-electron chi connectivity index (χ0n) is 14.6. The molecule has 0 atom stereocenters. The van der Waals surface area contributed by atoms with Crippen molar-refractivity contribution in [2.45, 2.75) is 12.1 Å². The van der Waals surface area contributed by atoms with E-state index in [4.69, 9.17) is 16.3 Å². The molecular weight excluding hydrogens is 391 g/mol. The summed E-state index contributed by atoms with van der Waals surface area (Å²) in [6, 6.07) is 11.6. The van der Waals surface area contributed by atoms with Gasteiger partial charge in [0.25, 0.3) is 0 Å². The molecule has 0 spiro atoms. The molecule has 1 amide bonds. The van der Waals surface area contributed by atoms with E-state index in [1.807, 2.05) is 35.8 Å². The van der Waals surface area contributed by atoms with E-state index in [2.05, 4.69) is 15.5 Å². The fourth-order valence-electron chi connectivity index (χ4n) is 2.37. The summed E-state index contributed by atoms with van der Waals surface area (Å²) >= 11 is 6.87. The number of nitrogens with one attached hydrogen (secondary N) is 1. The molecule has 0 saturated carbocycles. The van der Waals surface area contributed by atoms with Gasteiger partial charge in [-0.25, -0.2) is 4.39 Å². The molecule has 0 aliphatic carbocycles. The second-order valence-electron chi connectivity index (χ2n) is 5.53. The number of carbonyl (C=O) groups is 1. The standard InChI is InChI=1S/C18H16ClFN4O2S/c1-11-22-23-18(24(11)13-4-6-14(26-2)7-5-13)27-10-17(25)21-12-3-8-15(19)16(20)9-12/h3-9H,10H2,1-2H3,(H,21,25). The monoisotopic (exact) mass is 406 g/mol. The van der Waals surface area contributed by atoms with Crippen molar-refractivity contribution >= 4 is 35.0 Å². The van der Waals surface area contributed by atoms with Gasteiger partial charge in [0.05, 0.1) is 17.9 Å². The van der Waals surface area contributed by atoms with E-state index < -0.39 is 5.82 Å². The number of benzene rings is 2. The lowest BCUT2D eigenvalue weighted by Crippen LogP contribution is -2.14. The van der Waals surface area contributed by atoms with Crippen LogP contribution in [0.5, 0.6) is 5.75 Å². The van der Waals surface area contributed by atoms with Crippen molar-refractivity contribution in [1.29, 1.82) is 0 Å². The highest BCUT2D eigenvalue weighted by Crippen LogP contribution is 2.24. The summed E-state index contributed by atoms with van der Waals surface area (Å²) in [6.07, 6.45) is 0. The smallest absolute Gasteiger partial charge is 0.234 e. The fraction of sp³-hybridized carbons (Fsp3) is 0.167. The number of carbonyl (C=O) groups excluding carboxylic acids is 1. The van der Waals surface area contributed by atoms with E-state index in [0.29, 0.717) is 16.7 Å². The van der Waals surface area contributed by atoms with Crippen molar-refractivity contribution in [3.8, 4) is 11.4 Å². The Morgan fingerprint density at radius 2 is 2.00 bits per heavy atom. The first-order valence-corrected chi connectivity index (χ1v) is 9.28. The minimum atomic E-state index is -0.586. The first kappa shape index (κ1) is 19.2. The third kappa shape index (κ3) is 4.58. The van der Waals surface area contributed by atoms with E-state index in [-0.39, 0.29) is 16.7 Å². The van der Waals surface area contributed by atoms with Gasteiger partial charge in [0.2, 0.25) is 5.91 Å². The molecule has 0 aliphatic heterocycles. The number of thioether (sulfide) groups is 1. The Morgan fingerprint density at radius 3 is 2.67 bits per heavy atom. The molecular formula is C18H16ClFN4O2S. The van der Waals surface area contributed by atoms with Crippen LogP contribution in [0.3, 0.4) is 0 Å². The number of hydrogen-bond acceptors (Lipinski definition) is 5. The minimum absolute atomic E-state index is 0.00504. The van der Waals surface area contributed by atoms with Gasteiger partial charge in [-0.3, -0.25) is 9.36 Å². The Labute approximate surface area is 164 Å². The second-order valence-corrected chi connectivity index (χ2v) is 6.88.